The smallest absolute Gasteiger partial charge is 0.325 e. The molecule has 1 aliphatic rings. The van der Waals surface area contributed by atoms with Crippen molar-refractivity contribution in [3.05, 3.63) is 0 Å². The van der Waals surface area contributed by atoms with Crippen LogP contribution in [0.5, 0.6) is 0 Å². The fourth-order valence-corrected chi connectivity index (χ4v) is 3.16. The van der Waals surface area contributed by atoms with Crippen molar-refractivity contribution in [3.63, 3.8) is 0 Å². The number of rotatable bonds is 2. The van der Waals surface area contributed by atoms with E-state index in [-0.39, 0.29) is 0 Å². The van der Waals surface area contributed by atoms with E-state index in [9.17, 15) is 14.7 Å². The van der Waals surface area contributed by atoms with E-state index in [1.807, 2.05) is 0 Å². The topological polar surface area (TPSA) is 89.6 Å². The van der Waals surface area contributed by atoms with Gasteiger partial charge >= 0.3 is 11.9 Å². The van der Waals surface area contributed by atoms with E-state index >= 15 is 0 Å². The van der Waals surface area contributed by atoms with Crippen molar-refractivity contribution in [2.24, 2.45) is 5.73 Å². The van der Waals surface area contributed by atoms with E-state index in [2.05, 4.69) is 0 Å². The average molecular weight is 275 g/mol. The number of carboxylic acid groups (broad SMARTS) is 1. The Morgan fingerprint density at radius 3 is 2.50 bits per heavy atom. The van der Waals surface area contributed by atoms with Crippen LogP contribution in [0.15, 0.2) is 0 Å². The first kappa shape index (κ1) is 15.3. The number of esters is 1. The van der Waals surface area contributed by atoms with Crippen LogP contribution in [0.25, 0.3) is 0 Å². The molecule has 0 radical (unpaired) electrons. The van der Waals surface area contributed by atoms with Gasteiger partial charge in [-0.15, -0.1) is 11.8 Å². The van der Waals surface area contributed by atoms with Gasteiger partial charge in [0.2, 0.25) is 0 Å². The van der Waals surface area contributed by atoms with E-state index in [0.717, 1.165) is 18.6 Å². The zero-order valence-corrected chi connectivity index (χ0v) is 11.9. The van der Waals surface area contributed by atoms with Crippen LogP contribution in [0, 0.1) is 0 Å². The molecular weight excluding hydrogens is 254 g/mol. The van der Waals surface area contributed by atoms with Gasteiger partial charge < -0.3 is 15.6 Å². The Labute approximate surface area is 111 Å². The molecule has 18 heavy (non-hydrogen) atoms. The summed E-state index contributed by atoms with van der Waals surface area (Å²) in [7, 11) is 0. The van der Waals surface area contributed by atoms with Gasteiger partial charge in [0.15, 0.2) is 0 Å². The van der Waals surface area contributed by atoms with Gasteiger partial charge in [0, 0.05) is 0 Å². The molecule has 2 unspecified atom stereocenters. The molecular formula is C12H21NO4S. The summed E-state index contributed by atoms with van der Waals surface area (Å²) in [5.41, 5.74) is 3.78. The number of aliphatic carboxylic acids is 1. The van der Waals surface area contributed by atoms with Crippen LogP contribution in [-0.2, 0) is 14.3 Å². The van der Waals surface area contributed by atoms with E-state index < -0.39 is 28.3 Å². The third-order valence-corrected chi connectivity index (χ3v) is 4.23. The van der Waals surface area contributed by atoms with E-state index in [1.165, 1.54) is 11.8 Å². The largest absolute Gasteiger partial charge is 0.480 e. The lowest BCUT2D eigenvalue weighted by molar-refractivity contribution is -0.160. The Morgan fingerprint density at radius 2 is 2.00 bits per heavy atom. The lowest BCUT2D eigenvalue weighted by atomic mass is 9.90. The molecule has 1 saturated heterocycles. The SMILES string of the molecule is CC(C)(C)OC(=O)C1SCCCCC1(N)C(=O)O. The predicted molar refractivity (Wildman–Crippen MR) is 70.5 cm³/mol. The first-order chi connectivity index (χ1) is 8.17. The highest BCUT2D eigenvalue weighted by atomic mass is 32.2. The molecule has 0 spiro atoms. The third-order valence-electron chi connectivity index (χ3n) is 2.76. The predicted octanol–water partition coefficient (Wildman–Crippen LogP) is 1.40. The van der Waals surface area contributed by atoms with Gasteiger partial charge in [-0.2, -0.15) is 0 Å². The molecule has 2 atom stereocenters. The Morgan fingerprint density at radius 1 is 1.39 bits per heavy atom. The standard InChI is InChI=1S/C12H21NO4S/c1-11(2,3)17-9(14)8-12(13,10(15)16)6-4-5-7-18-8/h8H,4-7,13H2,1-3H3,(H,15,16). The normalized spacial score (nSPS) is 29.4. The van der Waals surface area contributed by atoms with E-state index in [4.69, 9.17) is 10.5 Å². The number of carboxylic acids is 1. The van der Waals surface area contributed by atoms with Crippen LogP contribution >= 0.6 is 11.8 Å². The molecule has 1 heterocycles. The number of carbonyl (C=O) groups excluding carboxylic acids is 1. The lowest BCUT2D eigenvalue weighted by Gasteiger charge is -2.32. The monoisotopic (exact) mass is 275 g/mol. The number of thioether (sulfide) groups is 1. The number of nitrogens with two attached hydrogens (primary N) is 1. The van der Waals surface area contributed by atoms with Crippen molar-refractivity contribution in [1.29, 1.82) is 0 Å². The summed E-state index contributed by atoms with van der Waals surface area (Å²) in [6.07, 6.45) is 1.89. The van der Waals surface area contributed by atoms with Crippen molar-refractivity contribution in [2.75, 3.05) is 5.75 Å². The summed E-state index contributed by atoms with van der Waals surface area (Å²) < 4.78 is 5.28. The van der Waals surface area contributed by atoms with Gasteiger partial charge in [-0.1, -0.05) is 6.42 Å². The molecule has 0 saturated carbocycles. The molecule has 1 aliphatic heterocycles. The average Bonchev–Trinajstić information content (AvgIpc) is 2.38. The quantitative estimate of drug-likeness (QED) is 0.740. The summed E-state index contributed by atoms with van der Waals surface area (Å²) in [5.74, 6) is -0.928. The highest BCUT2D eigenvalue weighted by Gasteiger charge is 2.48. The minimum atomic E-state index is -1.52. The molecule has 104 valence electrons. The Bertz CT molecular complexity index is 339. The molecule has 0 amide bonds. The fraction of sp³-hybridized carbons (Fsp3) is 0.833. The van der Waals surface area contributed by atoms with Gasteiger partial charge in [-0.05, 0) is 39.4 Å². The van der Waals surface area contributed by atoms with E-state index in [1.54, 1.807) is 20.8 Å². The van der Waals surface area contributed by atoms with Crippen LogP contribution in [0.4, 0.5) is 0 Å². The molecule has 3 N–H and O–H groups in total. The highest BCUT2D eigenvalue weighted by molar-refractivity contribution is 8.00. The molecule has 0 aromatic heterocycles. The summed E-state index contributed by atoms with van der Waals surface area (Å²) in [6.45, 7) is 5.27. The lowest BCUT2D eigenvalue weighted by Crippen LogP contribution is -2.59. The van der Waals surface area contributed by atoms with Gasteiger partial charge in [-0.3, -0.25) is 9.59 Å². The first-order valence-corrected chi connectivity index (χ1v) is 7.08. The van der Waals surface area contributed by atoms with Crippen LogP contribution in [0.1, 0.15) is 40.0 Å². The van der Waals surface area contributed by atoms with Gasteiger partial charge in [0.1, 0.15) is 16.4 Å². The molecule has 0 aliphatic carbocycles. The van der Waals surface area contributed by atoms with Crippen molar-refractivity contribution < 1.29 is 19.4 Å². The summed E-state index contributed by atoms with van der Waals surface area (Å²) in [5, 5.41) is 8.46. The summed E-state index contributed by atoms with van der Waals surface area (Å²) in [4.78, 5) is 23.5. The van der Waals surface area contributed by atoms with Crippen molar-refractivity contribution >= 4 is 23.7 Å². The Hall–Kier alpha value is -0.750. The molecule has 1 rings (SSSR count). The number of hydrogen-bond donors (Lipinski definition) is 2. The minimum Gasteiger partial charge on any atom is -0.480 e. The molecule has 5 nitrogen and oxygen atoms in total. The molecule has 0 aromatic rings. The summed E-state index contributed by atoms with van der Waals surface area (Å²) >= 11 is 1.29. The minimum absolute atomic E-state index is 0.305. The Balaban J connectivity index is 2.93. The number of ether oxygens (including phenoxy) is 1. The highest BCUT2D eigenvalue weighted by Crippen LogP contribution is 2.33. The molecule has 1 fully saturated rings. The van der Waals surface area contributed by atoms with Crippen molar-refractivity contribution in [1.82, 2.24) is 0 Å². The second kappa shape index (κ2) is 5.48. The van der Waals surface area contributed by atoms with Crippen LogP contribution < -0.4 is 5.73 Å². The number of hydrogen-bond acceptors (Lipinski definition) is 5. The maximum absolute atomic E-state index is 12.1. The van der Waals surface area contributed by atoms with Crippen LogP contribution in [-0.4, -0.2) is 39.2 Å². The maximum atomic E-state index is 12.1. The second-order valence-electron chi connectivity index (χ2n) is 5.59. The van der Waals surface area contributed by atoms with Crippen LogP contribution in [0.2, 0.25) is 0 Å². The van der Waals surface area contributed by atoms with Gasteiger partial charge in [0.25, 0.3) is 0 Å². The summed E-state index contributed by atoms with van der Waals surface area (Å²) in [6, 6.07) is 0. The van der Waals surface area contributed by atoms with E-state index in [0.29, 0.717) is 6.42 Å². The number of carbonyl (C=O) groups is 2. The Kier molecular flexibility index (Phi) is 4.66. The maximum Gasteiger partial charge on any atom is 0.325 e. The molecule has 0 aromatic carbocycles. The van der Waals surface area contributed by atoms with Gasteiger partial charge in [0.05, 0.1) is 0 Å². The second-order valence-corrected chi connectivity index (χ2v) is 6.80. The molecule has 0 bridgehead atoms. The van der Waals surface area contributed by atoms with Crippen molar-refractivity contribution in [3.8, 4) is 0 Å². The first-order valence-electron chi connectivity index (χ1n) is 6.03. The zero-order valence-electron chi connectivity index (χ0n) is 11.1. The van der Waals surface area contributed by atoms with Crippen LogP contribution in [0.3, 0.4) is 0 Å². The fourth-order valence-electron chi connectivity index (χ4n) is 1.85. The van der Waals surface area contributed by atoms with Crippen molar-refractivity contribution in [2.45, 2.75) is 56.4 Å². The third kappa shape index (κ3) is 3.62. The van der Waals surface area contributed by atoms with Gasteiger partial charge in [-0.25, -0.2) is 0 Å². The molecule has 6 heteroatoms. The zero-order chi connectivity index (χ0) is 14.0.